The first-order valence-electron chi connectivity index (χ1n) is 8.06. The van der Waals surface area contributed by atoms with E-state index in [1.807, 2.05) is 19.1 Å². The zero-order chi connectivity index (χ0) is 18.1. The number of anilines is 1. The van der Waals surface area contributed by atoms with Gasteiger partial charge in [0.15, 0.2) is 11.5 Å². The smallest absolute Gasteiger partial charge is 0.294 e. The molecule has 1 unspecified atom stereocenters. The second kappa shape index (κ2) is 6.51. The normalized spacial score (nSPS) is 17.3. The van der Waals surface area contributed by atoms with E-state index in [2.05, 4.69) is 0 Å². The summed E-state index contributed by atoms with van der Waals surface area (Å²) in [5, 5.41) is 10.4. The summed E-state index contributed by atoms with van der Waals surface area (Å²) in [5.74, 6) is -2.07. The van der Waals surface area contributed by atoms with E-state index in [1.165, 1.54) is 23.1 Å². The second-order valence-electron chi connectivity index (χ2n) is 5.95. The van der Waals surface area contributed by atoms with Gasteiger partial charge in [0.05, 0.1) is 11.6 Å². The van der Waals surface area contributed by atoms with Crippen molar-refractivity contribution in [3.05, 3.63) is 76.8 Å². The Morgan fingerprint density at radius 1 is 1.20 bits per heavy atom. The summed E-state index contributed by atoms with van der Waals surface area (Å²) in [5.41, 5.74) is 1.95. The summed E-state index contributed by atoms with van der Waals surface area (Å²) >= 11 is 0. The number of aliphatic hydroxyl groups is 1. The molecule has 0 bridgehead atoms. The highest BCUT2D eigenvalue weighted by Crippen LogP contribution is 2.42. The Hall–Kier alpha value is -2.95. The summed E-state index contributed by atoms with van der Waals surface area (Å²) in [4.78, 5) is 26.4. The maximum atomic E-state index is 13.7. The number of hydrogen-bond acceptors (Lipinski definition) is 3. The maximum absolute atomic E-state index is 13.7. The van der Waals surface area contributed by atoms with Gasteiger partial charge in [-0.15, -0.1) is 0 Å². The number of Topliss-reactive ketones (excluding diaryl/α,β-unsaturated/α-hetero) is 1. The SMILES string of the molecule is CCC(=O)C1=C(O)C(=O)N(c2cccc(F)c2)C1c1ccccc1C. The van der Waals surface area contributed by atoms with Gasteiger partial charge >= 0.3 is 0 Å². The third kappa shape index (κ3) is 2.82. The van der Waals surface area contributed by atoms with Crippen molar-refractivity contribution in [2.75, 3.05) is 4.90 Å². The van der Waals surface area contributed by atoms with Gasteiger partial charge in [0.25, 0.3) is 5.91 Å². The van der Waals surface area contributed by atoms with E-state index in [0.29, 0.717) is 5.69 Å². The average Bonchev–Trinajstić information content (AvgIpc) is 2.86. The van der Waals surface area contributed by atoms with Gasteiger partial charge in [0, 0.05) is 12.1 Å². The topological polar surface area (TPSA) is 57.6 Å². The molecule has 1 heterocycles. The van der Waals surface area contributed by atoms with Crippen LogP contribution in [-0.4, -0.2) is 16.8 Å². The van der Waals surface area contributed by atoms with Crippen LogP contribution < -0.4 is 4.90 Å². The van der Waals surface area contributed by atoms with Crippen molar-refractivity contribution in [3.63, 3.8) is 0 Å². The number of ketones is 1. The average molecular weight is 339 g/mol. The monoisotopic (exact) mass is 339 g/mol. The van der Waals surface area contributed by atoms with Gasteiger partial charge in [-0.2, -0.15) is 0 Å². The Labute approximate surface area is 145 Å². The lowest BCUT2D eigenvalue weighted by Gasteiger charge is -2.28. The van der Waals surface area contributed by atoms with E-state index >= 15 is 0 Å². The van der Waals surface area contributed by atoms with Crippen LogP contribution >= 0.6 is 0 Å². The first-order valence-corrected chi connectivity index (χ1v) is 8.06. The van der Waals surface area contributed by atoms with E-state index < -0.39 is 23.5 Å². The van der Waals surface area contributed by atoms with Gasteiger partial charge in [0.1, 0.15) is 5.82 Å². The number of carbonyl (C=O) groups excluding carboxylic acids is 2. The molecule has 0 saturated heterocycles. The van der Waals surface area contributed by atoms with E-state index in [-0.39, 0.29) is 17.8 Å². The van der Waals surface area contributed by atoms with Gasteiger partial charge in [-0.1, -0.05) is 37.3 Å². The van der Waals surface area contributed by atoms with Crippen molar-refractivity contribution in [2.24, 2.45) is 0 Å². The Bertz CT molecular complexity index is 888. The Kier molecular flexibility index (Phi) is 4.40. The van der Waals surface area contributed by atoms with Crippen molar-refractivity contribution in [1.82, 2.24) is 0 Å². The van der Waals surface area contributed by atoms with Gasteiger partial charge in [-0.25, -0.2) is 4.39 Å². The van der Waals surface area contributed by atoms with Crippen LogP contribution in [0.1, 0.15) is 30.5 Å². The number of aryl methyl sites for hydroxylation is 1. The fourth-order valence-electron chi connectivity index (χ4n) is 3.16. The zero-order valence-electron chi connectivity index (χ0n) is 14.0. The van der Waals surface area contributed by atoms with Gasteiger partial charge < -0.3 is 5.11 Å². The first-order chi connectivity index (χ1) is 12.0. The van der Waals surface area contributed by atoms with Crippen molar-refractivity contribution >= 4 is 17.4 Å². The molecule has 1 aliphatic heterocycles. The lowest BCUT2D eigenvalue weighted by molar-refractivity contribution is -0.118. The first kappa shape index (κ1) is 16.9. The van der Waals surface area contributed by atoms with Crippen LogP contribution in [0.5, 0.6) is 0 Å². The molecule has 2 aromatic carbocycles. The molecule has 1 amide bonds. The lowest BCUT2D eigenvalue weighted by atomic mass is 9.92. The Morgan fingerprint density at radius 2 is 1.92 bits per heavy atom. The van der Waals surface area contributed by atoms with Crippen molar-refractivity contribution in [3.8, 4) is 0 Å². The zero-order valence-corrected chi connectivity index (χ0v) is 14.0. The molecule has 3 rings (SSSR count). The van der Waals surface area contributed by atoms with E-state index in [1.54, 1.807) is 25.1 Å². The number of nitrogens with zero attached hydrogens (tertiary/aromatic N) is 1. The number of rotatable bonds is 4. The molecule has 0 aromatic heterocycles. The molecule has 0 radical (unpaired) electrons. The van der Waals surface area contributed by atoms with Gasteiger partial charge in [-0.05, 0) is 36.2 Å². The number of carbonyl (C=O) groups is 2. The standard InChI is InChI=1S/C20H18FNO3/c1-3-16(23)17-18(15-10-5-4-7-12(15)2)22(20(25)19(17)24)14-9-6-8-13(21)11-14/h4-11,18,24H,3H2,1-2H3. The minimum Gasteiger partial charge on any atom is -0.503 e. The molecular formula is C20H18FNO3. The summed E-state index contributed by atoms with van der Waals surface area (Å²) in [6.07, 6.45) is 0.159. The van der Waals surface area contributed by atoms with Crippen LogP contribution in [0, 0.1) is 12.7 Å². The third-order valence-electron chi connectivity index (χ3n) is 4.40. The van der Waals surface area contributed by atoms with E-state index in [0.717, 1.165) is 11.1 Å². The van der Waals surface area contributed by atoms with Crippen LogP contribution in [0.25, 0.3) is 0 Å². The summed E-state index contributed by atoms with van der Waals surface area (Å²) in [6.45, 7) is 3.54. The van der Waals surface area contributed by atoms with Crippen LogP contribution in [0.4, 0.5) is 10.1 Å². The van der Waals surface area contributed by atoms with Crippen molar-refractivity contribution in [2.45, 2.75) is 26.3 Å². The second-order valence-corrected chi connectivity index (χ2v) is 5.95. The number of halogens is 1. The summed E-state index contributed by atoms with van der Waals surface area (Å²) < 4.78 is 13.7. The number of amides is 1. The molecule has 128 valence electrons. The molecule has 1 aliphatic rings. The fraction of sp³-hybridized carbons (Fsp3) is 0.200. The van der Waals surface area contributed by atoms with E-state index in [4.69, 9.17) is 0 Å². The number of hydrogen-bond donors (Lipinski definition) is 1. The molecule has 25 heavy (non-hydrogen) atoms. The Balaban J connectivity index is 2.23. The van der Waals surface area contributed by atoms with Gasteiger partial charge in [-0.3, -0.25) is 14.5 Å². The van der Waals surface area contributed by atoms with E-state index in [9.17, 15) is 19.1 Å². The maximum Gasteiger partial charge on any atom is 0.294 e. The lowest BCUT2D eigenvalue weighted by Crippen LogP contribution is -2.31. The van der Waals surface area contributed by atoms with Crippen molar-refractivity contribution in [1.29, 1.82) is 0 Å². The number of benzene rings is 2. The fourth-order valence-corrected chi connectivity index (χ4v) is 3.16. The highest BCUT2D eigenvalue weighted by atomic mass is 19.1. The van der Waals surface area contributed by atoms with Crippen LogP contribution in [0.15, 0.2) is 59.9 Å². The highest BCUT2D eigenvalue weighted by molar-refractivity contribution is 6.16. The highest BCUT2D eigenvalue weighted by Gasteiger charge is 2.44. The molecule has 0 fully saturated rings. The predicted molar refractivity (Wildman–Crippen MR) is 92.8 cm³/mol. The third-order valence-corrected chi connectivity index (χ3v) is 4.40. The molecule has 0 saturated carbocycles. The molecule has 5 heteroatoms. The quantitative estimate of drug-likeness (QED) is 0.915. The molecule has 1 N–H and O–H groups in total. The molecule has 4 nitrogen and oxygen atoms in total. The van der Waals surface area contributed by atoms with Gasteiger partial charge in [0.2, 0.25) is 0 Å². The summed E-state index contributed by atoms with van der Waals surface area (Å²) in [6, 6.07) is 12.1. The largest absolute Gasteiger partial charge is 0.503 e. The minimum absolute atomic E-state index is 0.0612. The summed E-state index contributed by atoms with van der Waals surface area (Å²) in [7, 11) is 0. The van der Waals surface area contributed by atoms with Crippen molar-refractivity contribution < 1.29 is 19.1 Å². The molecule has 0 spiro atoms. The predicted octanol–water partition coefficient (Wildman–Crippen LogP) is 4.01. The molecule has 1 atom stereocenters. The van der Waals surface area contributed by atoms with Crippen LogP contribution in [-0.2, 0) is 9.59 Å². The minimum atomic E-state index is -0.775. The number of aliphatic hydroxyl groups excluding tert-OH is 1. The molecule has 0 aliphatic carbocycles. The Morgan fingerprint density at radius 3 is 2.56 bits per heavy atom. The van der Waals surface area contributed by atoms with Crippen LogP contribution in [0.3, 0.4) is 0 Å². The molecule has 2 aromatic rings. The van der Waals surface area contributed by atoms with Crippen LogP contribution in [0.2, 0.25) is 0 Å². The molecular weight excluding hydrogens is 321 g/mol.